The summed E-state index contributed by atoms with van der Waals surface area (Å²) in [5.41, 5.74) is -0.145. The molecule has 2 aromatic rings. The van der Waals surface area contributed by atoms with E-state index in [2.05, 4.69) is 0 Å². The summed E-state index contributed by atoms with van der Waals surface area (Å²) in [5, 5.41) is 20.3. The number of aromatic nitrogens is 1. The van der Waals surface area contributed by atoms with E-state index in [0.29, 0.717) is 11.8 Å². The number of pyridine rings is 1. The molecule has 1 fully saturated rings. The molecule has 0 saturated carbocycles. The number of rotatable bonds is 2. The van der Waals surface area contributed by atoms with Gasteiger partial charge in [0.15, 0.2) is 0 Å². The number of aliphatic hydroxyl groups is 2. The second-order valence-corrected chi connectivity index (χ2v) is 4.73. The molecule has 0 amide bonds. The fraction of sp³-hybridized carbons (Fsp3) is 0.357. The third-order valence-electron chi connectivity index (χ3n) is 3.53. The van der Waals surface area contributed by atoms with Crippen LogP contribution in [0.1, 0.15) is 12.6 Å². The highest BCUT2D eigenvalue weighted by Gasteiger charge is 2.34. The van der Waals surface area contributed by atoms with Gasteiger partial charge in [-0.2, -0.15) is 0 Å². The lowest BCUT2D eigenvalue weighted by molar-refractivity contribution is -0.0453. The van der Waals surface area contributed by atoms with Gasteiger partial charge in [-0.05, 0) is 17.5 Å². The van der Waals surface area contributed by atoms with Crippen LogP contribution in [0, 0.1) is 0 Å². The molecule has 1 aromatic heterocycles. The van der Waals surface area contributed by atoms with E-state index in [1.165, 1.54) is 4.57 Å². The molecule has 2 N–H and O–H groups in total. The number of hydrogen-bond donors (Lipinski definition) is 2. The van der Waals surface area contributed by atoms with Crippen molar-refractivity contribution in [1.29, 1.82) is 0 Å². The molecule has 0 unspecified atom stereocenters. The van der Waals surface area contributed by atoms with Crippen LogP contribution in [0.4, 0.5) is 0 Å². The number of aliphatic hydroxyl groups excluding tert-OH is 2. The average Bonchev–Trinajstić information content (AvgIpc) is 2.80. The lowest BCUT2D eigenvalue weighted by atomic mass is 10.1. The van der Waals surface area contributed by atoms with Gasteiger partial charge in [-0.25, -0.2) is 0 Å². The molecule has 1 aliphatic heterocycles. The average molecular weight is 261 g/mol. The first kappa shape index (κ1) is 12.3. The molecule has 3 rings (SSSR count). The smallest absolute Gasteiger partial charge is 0.260 e. The quantitative estimate of drug-likeness (QED) is 0.832. The molecule has 5 nitrogen and oxygen atoms in total. The van der Waals surface area contributed by atoms with Crippen LogP contribution in [0.25, 0.3) is 10.8 Å². The Kier molecular flexibility index (Phi) is 3.10. The summed E-state index contributed by atoms with van der Waals surface area (Å²) < 4.78 is 6.98. The van der Waals surface area contributed by atoms with Crippen molar-refractivity contribution in [1.82, 2.24) is 4.57 Å². The van der Waals surface area contributed by atoms with Gasteiger partial charge >= 0.3 is 0 Å². The highest BCUT2D eigenvalue weighted by Crippen LogP contribution is 2.27. The van der Waals surface area contributed by atoms with E-state index >= 15 is 0 Å². The third-order valence-corrected chi connectivity index (χ3v) is 3.53. The number of nitrogens with zero attached hydrogens (tertiary/aromatic N) is 1. The van der Waals surface area contributed by atoms with Crippen molar-refractivity contribution in [3.63, 3.8) is 0 Å². The second-order valence-electron chi connectivity index (χ2n) is 4.73. The zero-order valence-corrected chi connectivity index (χ0v) is 10.3. The van der Waals surface area contributed by atoms with Gasteiger partial charge in [-0.1, -0.05) is 18.2 Å². The highest BCUT2D eigenvalue weighted by atomic mass is 16.5. The van der Waals surface area contributed by atoms with E-state index in [-0.39, 0.29) is 12.2 Å². The summed E-state index contributed by atoms with van der Waals surface area (Å²) >= 11 is 0. The van der Waals surface area contributed by atoms with E-state index in [9.17, 15) is 9.90 Å². The summed E-state index contributed by atoms with van der Waals surface area (Å²) in [5.74, 6) is 0. The monoisotopic (exact) mass is 261 g/mol. The normalized spacial score (nSPS) is 26.9. The largest absolute Gasteiger partial charge is 0.394 e. The van der Waals surface area contributed by atoms with E-state index in [4.69, 9.17) is 9.84 Å². The predicted molar refractivity (Wildman–Crippen MR) is 69.8 cm³/mol. The van der Waals surface area contributed by atoms with Crippen molar-refractivity contribution in [3.8, 4) is 0 Å². The number of hydrogen-bond acceptors (Lipinski definition) is 4. The van der Waals surface area contributed by atoms with Gasteiger partial charge in [0.25, 0.3) is 5.56 Å². The van der Waals surface area contributed by atoms with Crippen molar-refractivity contribution in [2.24, 2.45) is 0 Å². The van der Waals surface area contributed by atoms with Gasteiger partial charge in [0.1, 0.15) is 12.3 Å². The zero-order chi connectivity index (χ0) is 13.4. The lowest BCUT2D eigenvalue weighted by Crippen LogP contribution is -2.26. The van der Waals surface area contributed by atoms with Crippen LogP contribution in [-0.2, 0) is 4.74 Å². The van der Waals surface area contributed by atoms with E-state index < -0.39 is 18.4 Å². The Balaban J connectivity index is 2.03. The van der Waals surface area contributed by atoms with Crippen LogP contribution in [0.2, 0.25) is 0 Å². The summed E-state index contributed by atoms with van der Waals surface area (Å²) in [7, 11) is 0. The van der Waals surface area contributed by atoms with Crippen LogP contribution in [0.5, 0.6) is 0 Å². The van der Waals surface area contributed by atoms with Crippen molar-refractivity contribution >= 4 is 10.8 Å². The Hall–Kier alpha value is -1.69. The number of fused-ring (bicyclic) bond motifs is 1. The van der Waals surface area contributed by atoms with Crippen LogP contribution in [0.15, 0.2) is 41.3 Å². The van der Waals surface area contributed by atoms with Crippen molar-refractivity contribution in [2.45, 2.75) is 24.9 Å². The van der Waals surface area contributed by atoms with Crippen LogP contribution in [-0.4, -0.2) is 33.6 Å². The first-order valence-electron chi connectivity index (χ1n) is 6.25. The molecule has 0 bridgehead atoms. The number of benzene rings is 1. The maximum atomic E-state index is 12.4. The SMILES string of the molecule is O=c1c2ccccc2ccn1[C@H]1C[C@H](O)[C@@H](CO)O1. The van der Waals surface area contributed by atoms with Gasteiger partial charge in [-0.15, -0.1) is 0 Å². The maximum Gasteiger partial charge on any atom is 0.260 e. The summed E-state index contributed by atoms with van der Waals surface area (Å²) in [6, 6.07) is 9.18. The van der Waals surface area contributed by atoms with Crippen molar-refractivity contribution in [3.05, 3.63) is 46.9 Å². The van der Waals surface area contributed by atoms with Gasteiger partial charge in [0, 0.05) is 18.0 Å². The molecule has 2 heterocycles. The predicted octanol–water partition coefficient (Wildman–Crippen LogP) is 0.642. The minimum absolute atomic E-state index is 0.145. The Morgan fingerprint density at radius 2 is 2.11 bits per heavy atom. The van der Waals surface area contributed by atoms with Crippen LogP contribution < -0.4 is 5.56 Å². The third kappa shape index (κ3) is 2.06. The highest BCUT2D eigenvalue weighted by molar-refractivity contribution is 5.81. The molecule has 1 aliphatic rings. The van der Waals surface area contributed by atoms with Gasteiger partial charge in [-0.3, -0.25) is 9.36 Å². The topological polar surface area (TPSA) is 71.7 Å². The number of ether oxygens (including phenoxy) is 1. The molecular formula is C14H15NO4. The van der Waals surface area contributed by atoms with E-state index in [1.807, 2.05) is 24.3 Å². The molecule has 1 aromatic carbocycles. The van der Waals surface area contributed by atoms with Crippen molar-refractivity contribution in [2.75, 3.05) is 6.61 Å². The first-order chi connectivity index (χ1) is 9.20. The van der Waals surface area contributed by atoms with Gasteiger partial charge < -0.3 is 14.9 Å². The minimum atomic E-state index is -0.742. The van der Waals surface area contributed by atoms with Crippen LogP contribution in [0.3, 0.4) is 0 Å². The Bertz CT molecular complexity index is 651. The molecule has 19 heavy (non-hydrogen) atoms. The summed E-state index contributed by atoms with van der Waals surface area (Å²) in [6.07, 6.45) is 0.0895. The van der Waals surface area contributed by atoms with Gasteiger partial charge in [0.05, 0.1) is 12.7 Å². The first-order valence-corrected chi connectivity index (χ1v) is 6.25. The molecule has 0 aliphatic carbocycles. The standard InChI is InChI=1S/C14H15NO4/c16-8-12-11(17)7-13(19-12)15-6-5-9-3-1-2-4-10(9)14(15)18/h1-6,11-13,16-17H,7-8H2/t11-,12+,13+/m0/s1. The summed E-state index contributed by atoms with van der Waals surface area (Å²) in [6.45, 7) is -0.250. The molecule has 0 spiro atoms. The Morgan fingerprint density at radius 3 is 2.84 bits per heavy atom. The minimum Gasteiger partial charge on any atom is -0.394 e. The fourth-order valence-electron chi connectivity index (χ4n) is 2.48. The Labute approximate surface area is 109 Å². The van der Waals surface area contributed by atoms with Gasteiger partial charge in [0.2, 0.25) is 0 Å². The zero-order valence-electron chi connectivity index (χ0n) is 10.3. The molecule has 3 atom stereocenters. The molecule has 0 radical (unpaired) electrons. The molecular weight excluding hydrogens is 246 g/mol. The maximum absolute atomic E-state index is 12.4. The van der Waals surface area contributed by atoms with Crippen LogP contribution >= 0.6 is 0 Å². The molecule has 1 saturated heterocycles. The van der Waals surface area contributed by atoms with E-state index in [1.54, 1.807) is 12.3 Å². The Morgan fingerprint density at radius 1 is 1.32 bits per heavy atom. The van der Waals surface area contributed by atoms with E-state index in [0.717, 1.165) is 5.39 Å². The second kappa shape index (κ2) is 4.77. The molecule has 100 valence electrons. The fourth-order valence-corrected chi connectivity index (χ4v) is 2.48. The summed E-state index contributed by atoms with van der Waals surface area (Å²) in [4.78, 5) is 12.4. The van der Waals surface area contributed by atoms with Crippen molar-refractivity contribution < 1.29 is 14.9 Å². The lowest BCUT2D eigenvalue weighted by Gasteiger charge is -2.15. The molecule has 5 heteroatoms.